The van der Waals surface area contributed by atoms with Crippen molar-refractivity contribution in [2.45, 2.75) is 58.0 Å². The normalized spacial score (nSPS) is 26.8. The molecular weight excluding hydrogens is 304 g/mol. The van der Waals surface area contributed by atoms with Gasteiger partial charge in [-0.05, 0) is 50.2 Å². The molecule has 2 fully saturated rings. The summed E-state index contributed by atoms with van der Waals surface area (Å²) in [6, 6.07) is 5.62. The molecule has 5 heteroatoms. The van der Waals surface area contributed by atoms with Gasteiger partial charge in [0, 0.05) is 11.7 Å². The number of hydrogen-bond acceptors (Lipinski definition) is 3. The Bertz CT molecular complexity index is 623. The van der Waals surface area contributed by atoms with Crippen molar-refractivity contribution in [1.82, 2.24) is 4.90 Å². The molecule has 0 bridgehead atoms. The van der Waals surface area contributed by atoms with E-state index in [0.29, 0.717) is 12.3 Å². The van der Waals surface area contributed by atoms with Crippen LogP contribution in [0.1, 0.15) is 43.2 Å². The van der Waals surface area contributed by atoms with Gasteiger partial charge in [0.2, 0.25) is 5.91 Å². The number of carboxylic acid groups (broad SMARTS) is 1. The van der Waals surface area contributed by atoms with Crippen LogP contribution in [-0.4, -0.2) is 40.5 Å². The number of aryl methyl sites for hydroxylation is 2. The molecule has 1 aromatic carbocycles. The van der Waals surface area contributed by atoms with Gasteiger partial charge >= 0.3 is 5.97 Å². The first-order chi connectivity index (χ1) is 11.5. The number of fused-ring (bicyclic) bond motifs is 1. The van der Waals surface area contributed by atoms with E-state index in [2.05, 4.69) is 5.32 Å². The van der Waals surface area contributed by atoms with Gasteiger partial charge in [-0.2, -0.15) is 0 Å². The second-order valence-corrected chi connectivity index (χ2v) is 7.19. The number of anilines is 1. The van der Waals surface area contributed by atoms with Gasteiger partial charge in [-0.1, -0.05) is 31.0 Å². The molecule has 0 aromatic heterocycles. The number of aliphatic carboxylic acids is 1. The Morgan fingerprint density at radius 1 is 1.21 bits per heavy atom. The van der Waals surface area contributed by atoms with Gasteiger partial charge in [0.05, 0.1) is 6.54 Å². The van der Waals surface area contributed by atoms with E-state index in [1.54, 1.807) is 0 Å². The van der Waals surface area contributed by atoms with Crippen molar-refractivity contribution in [1.29, 1.82) is 0 Å². The van der Waals surface area contributed by atoms with Gasteiger partial charge in [-0.15, -0.1) is 0 Å². The Hall–Kier alpha value is -1.88. The Labute approximate surface area is 143 Å². The summed E-state index contributed by atoms with van der Waals surface area (Å²) >= 11 is 0. The third kappa shape index (κ3) is 3.31. The Morgan fingerprint density at radius 3 is 2.54 bits per heavy atom. The van der Waals surface area contributed by atoms with Crippen molar-refractivity contribution < 1.29 is 14.7 Å². The zero-order valence-corrected chi connectivity index (χ0v) is 14.4. The molecule has 24 heavy (non-hydrogen) atoms. The highest BCUT2D eigenvalue weighted by molar-refractivity contribution is 5.94. The number of carbonyl (C=O) groups is 2. The highest BCUT2D eigenvalue weighted by atomic mass is 16.4. The average Bonchev–Trinajstić information content (AvgIpc) is 2.90. The number of rotatable bonds is 4. The molecule has 3 unspecified atom stereocenters. The lowest BCUT2D eigenvalue weighted by Gasteiger charge is -2.32. The zero-order chi connectivity index (χ0) is 17.3. The first-order valence-electron chi connectivity index (χ1n) is 8.82. The average molecular weight is 330 g/mol. The number of carbonyl (C=O) groups excluding carboxylic acids is 1. The highest BCUT2D eigenvalue weighted by Gasteiger charge is 2.45. The number of nitrogens with zero attached hydrogens (tertiary/aromatic N) is 1. The van der Waals surface area contributed by atoms with Crippen LogP contribution in [-0.2, 0) is 9.59 Å². The van der Waals surface area contributed by atoms with E-state index in [1.165, 1.54) is 6.42 Å². The van der Waals surface area contributed by atoms with Crippen LogP contribution >= 0.6 is 0 Å². The van der Waals surface area contributed by atoms with Gasteiger partial charge in [-0.25, -0.2) is 0 Å². The molecule has 1 saturated carbocycles. The largest absolute Gasteiger partial charge is 0.480 e. The Balaban J connectivity index is 1.73. The van der Waals surface area contributed by atoms with Crippen molar-refractivity contribution in [3.05, 3.63) is 29.3 Å². The summed E-state index contributed by atoms with van der Waals surface area (Å²) in [4.78, 5) is 26.1. The predicted molar refractivity (Wildman–Crippen MR) is 93.0 cm³/mol. The van der Waals surface area contributed by atoms with Crippen molar-refractivity contribution in [2.24, 2.45) is 5.92 Å². The third-order valence-corrected chi connectivity index (χ3v) is 5.58. The summed E-state index contributed by atoms with van der Waals surface area (Å²) in [5.41, 5.74) is 2.89. The minimum Gasteiger partial charge on any atom is -0.480 e. The number of benzene rings is 1. The molecule has 3 rings (SSSR count). The molecule has 1 heterocycles. The first-order valence-corrected chi connectivity index (χ1v) is 8.82. The number of carboxylic acids is 1. The molecular formula is C19H26N2O3. The van der Waals surface area contributed by atoms with Gasteiger partial charge in [0.15, 0.2) is 0 Å². The van der Waals surface area contributed by atoms with E-state index in [-0.39, 0.29) is 18.5 Å². The van der Waals surface area contributed by atoms with Crippen LogP contribution in [0.4, 0.5) is 5.69 Å². The molecule has 1 aliphatic carbocycles. The SMILES string of the molecule is Cc1cccc(C)c1NC(=O)CN1C(C(=O)O)CC2CCCCC21. The molecule has 5 nitrogen and oxygen atoms in total. The highest BCUT2D eigenvalue weighted by Crippen LogP contribution is 2.39. The Kier molecular flexibility index (Phi) is 4.90. The summed E-state index contributed by atoms with van der Waals surface area (Å²) in [6.07, 6.45) is 5.07. The van der Waals surface area contributed by atoms with E-state index in [4.69, 9.17) is 0 Å². The smallest absolute Gasteiger partial charge is 0.320 e. The van der Waals surface area contributed by atoms with Gasteiger partial charge in [0.25, 0.3) is 0 Å². The lowest BCUT2D eigenvalue weighted by molar-refractivity contribution is -0.143. The third-order valence-electron chi connectivity index (χ3n) is 5.58. The Morgan fingerprint density at radius 2 is 1.88 bits per heavy atom. The van der Waals surface area contributed by atoms with E-state index < -0.39 is 12.0 Å². The van der Waals surface area contributed by atoms with E-state index >= 15 is 0 Å². The second kappa shape index (κ2) is 6.93. The maximum Gasteiger partial charge on any atom is 0.320 e. The molecule has 3 atom stereocenters. The number of hydrogen-bond donors (Lipinski definition) is 2. The van der Waals surface area contributed by atoms with Gasteiger partial charge in [-0.3, -0.25) is 14.5 Å². The van der Waals surface area contributed by atoms with E-state index in [9.17, 15) is 14.7 Å². The van der Waals surface area contributed by atoms with E-state index in [1.807, 2.05) is 36.9 Å². The lowest BCUT2D eigenvalue weighted by Crippen LogP contribution is -2.46. The summed E-state index contributed by atoms with van der Waals surface area (Å²) in [5, 5.41) is 12.5. The van der Waals surface area contributed by atoms with Crippen molar-refractivity contribution in [2.75, 3.05) is 11.9 Å². The summed E-state index contributed by atoms with van der Waals surface area (Å²) in [6.45, 7) is 4.09. The van der Waals surface area contributed by atoms with Crippen molar-refractivity contribution in [3.63, 3.8) is 0 Å². The van der Waals surface area contributed by atoms with Crippen LogP contribution in [0.25, 0.3) is 0 Å². The summed E-state index contributed by atoms with van der Waals surface area (Å²) in [7, 11) is 0. The van der Waals surface area contributed by atoms with Crippen LogP contribution in [0, 0.1) is 19.8 Å². The standard InChI is InChI=1S/C19H26N2O3/c1-12-6-5-7-13(2)18(12)20-17(22)11-21-15-9-4-3-8-14(15)10-16(21)19(23)24/h5-7,14-16H,3-4,8-11H2,1-2H3,(H,20,22)(H,23,24). The lowest BCUT2D eigenvalue weighted by atomic mass is 9.85. The maximum atomic E-state index is 12.6. The number of para-hydroxylation sites is 1. The summed E-state index contributed by atoms with van der Waals surface area (Å²) in [5.74, 6) is -0.498. The van der Waals surface area contributed by atoms with Crippen LogP contribution < -0.4 is 5.32 Å². The topological polar surface area (TPSA) is 69.6 Å². The zero-order valence-electron chi connectivity index (χ0n) is 14.4. The fourth-order valence-electron chi connectivity index (χ4n) is 4.38. The minimum absolute atomic E-state index is 0.120. The van der Waals surface area contributed by atoms with E-state index in [0.717, 1.165) is 36.1 Å². The number of likely N-dealkylation sites (tertiary alicyclic amines) is 1. The second-order valence-electron chi connectivity index (χ2n) is 7.19. The minimum atomic E-state index is -0.802. The number of nitrogens with one attached hydrogen (secondary N) is 1. The molecule has 0 radical (unpaired) electrons. The van der Waals surface area contributed by atoms with Crippen molar-refractivity contribution >= 4 is 17.6 Å². The molecule has 1 aromatic rings. The van der Waals surface area contributed by atoms with Gasteiger partial charge < -0.3 is 10.4 Å². The fraction of sp³-hybridized carbons (Fsp3) is 0.579. The van der Waals surface area contributed by atoms with Crippen LogP contribution in [0.2, 0.25) is 0 Å². The fourth-order valence-corrected chi connectivity index (χ4v) is 4.38. The predicted octanol–water partition coefficient (Wildman–Crippen LogP) is 2.96. The summed E-state index contributed by atoms with van der Waals surface area (Å²) < 4.78 is 0. The quantitative estimate of drug-likeness (QED) is 0.890. The van der Waals surface area contributed by atoms with Gasteiger partial charge in [0.1, 0.15) is 6.04 Å². The molecule has 130 valence electrons. The van der Waals surface area contributed by atoms with Crippen LogP contribution in [0.3, 0.4) is 0 Å². The number of amides is 1. The first kappa shape index (κ1) is 17.0. The monoisotopic (exact) mass is 330 g/mol. The van der Waals surface area contributed by atoms with Crippen molar-refractivity contribution in [3.8, 4) is 0 Å². The molecule has 1 amide bonds. The molecule has 1 aliphatic heterocycles. The van der Waals surface area contributed by atoms with Crippen LogP contribution in [0.15, 0.2) is 18.2 Å². The molecule has 2 aliphatic rings. The molecule has 1 saturated heterocycles. The molecule has 0 spiro atoms. The molecule has 2 N–H and O–H groups in total. The maximum absolute atomic E-state index is 12.6. The van der Waals surface area contributed by atoms with Crippen LogP contribution in [0.5, 0.6) is 0 Å².